The fourth-order valence-corrected chi connectivity index (χ4v) is 3.37. The molecule has 0 bridgehead atoms. The first-order chi connectivity index (χ1) is 11.8. The maximum absolute atomic E-state index is 12.0. The van der Waals surface area contributed by atoms with Crippen LogP contribution >= 0.6 is 24.0 Å². The van der Waals surface area contributed by atoms with E-state index < -0.39 is 18.0 Å². The van der Waals surface area contributed by atoms with Crippen LogP contribution in [0.3, 0.4) is 0 Å². The van der Waals surface area contributed by atoms with E-state index in [-0.39, 0.29) is 11.6 Å². The Labute approximate surface area is 156 Å². The molecule has 1 aliphatic rings. The van der Waals surface area contributed by atoms with Gasteiger partial charge in [-0.3, -0.25) is 14.9 Å². The van der Waals surface area contributed by atoms with Gasteiger partial charge in [-0.25, -0.2) is 0 Å². The first-order valence-corrected chi connectivity index (χ1v) is 9.60. The lowest BCUT2D eigenvalue weighted by atomic mass is 10.00. The third-order valence-corrected chi connectivity index (χ3v) is 5.40. The molecule has 1 N–H and O–H groups in total. The van der Waals surface area contributed by atoms with Crippen molar-refractivity contribution >= 4 is 46.1 Å². The maximum Gasteiger partial charge on any atom is 0.317 e. The van der Waals surface area contributed by atoms with E-state index in [9.17, 15) is 9.59 Å². The van der Waals surface area contributed by atoms with Crippen LogP contribution in [0, 0.1) is 12.8 Å². The van der Waals surface area contributed by atoms with E-state index in [1.54, 1.807) is 13.0 Å². The number of thiocarbonyl (C=S) groups is 1. The van der Waals surface area contributed by atoms with Crippen molar-refractivity contribution < 1.29 is 18.8 Å². The Morgan fingerprint density at radius 2 is 2.20 bits per heavy atom. The van der Waals surface area contributed by atoms with Gasteiger partial charge in [0, 0.05) is 19.2 Å². The number of nitrogens with zero attached hydrogens (tertiary/aromatic N) is 2. The molecule has 1 aliphatic heterocycles. The number of esters is 1. The highest BCUT2D eigenvalue weighted by Crippen LogP contribution is 2.20. The molecule has 2 heterocycles. The molecule has 0 spiro atoms. The lowest BCUT2D eigenvalue weighted by Gasteiger charge is -2.31. The topological polar surface area (TPSA) is 84.7 Å². The third-order valence-electron chi connectivity index (χ3n) is 3.91. The maximum atomic E-state index is 12.0. The van der Waals surface area contributed by atoms with Gasteiger partial charge in [-0.1, -0.05) is 36.1 Å². The first kappa shape index (κ1) is 19.7. The minimum atomic E-state index is -0.928. The lowest BCUT2D eigenvalue weighted by Crippen LogP contribution is -2.36. The predicted molar refractivity (Wildman–Crippen MR) is 100 cm³/mol. The number of amides is 1. The molecule has 1 fully saturated rings. The average molecular weight is 386 g/mol. The number of thioether (sulfide) groups is 1. The summed E-state index contributed by atoms with van der Waals surface area (Å²) in [6, 6.07) is 1.58. The summed E-state index contributed by atoms with van der Waals surface area (Å²) in [5.41, 5.74) is 0.650. The fraction of sp³-hybridized carbons (Fsp3) is 0.625. The smallest absolute Gasteiger partial charge is 0.317 e. The standard InChI is InChI=1S/C16H23N3O4S2/c1-10-4-6-19(7-5-10)16(24)25-9-14(20)22-12(3)15(21)17-13-8-11(2)18-23-13/h8,10,12H,4-7,9H2,1-3H3,(H,17,21). The molecule has 1 saturated heterocycles. The van der Waals surface area contributed by atoms with Gasteiger partial charge in [-0.05, 0) is 32.6 Å². The van der Waals surface area contributed by atoms with Crippen LogP contribution in [0.15, 0.2) is 10.6 Å². The zero-order valence-electron chi connectivity index (χ0n) is 14.6. The number of nitrogens with one attached hydrogen (secondary N) is 1. The Kier molecular flexibility index (Phi) is 7.24. The van der Waals surface area contributed by atoms with Gasteiger partial charge in [0.1, 0.15) is 4.32 Å². The van der Waals surface area contributed by atoms with Gasteiger partial charge >= 0.3 is 5.97 Å². The van der Waals surface area contributed by atoms with Crippen LogP contribution in [0.2, 0.25) is 0 Å². The Morgan fingerprint density at radius 3 is 2.80 bits per heavy atom. The molecule has 0 saturated carbocycles. The second-order valence-electron chi connectivity index (χ2n) is 6.18. The van der Waals surface area contributed by atoms with Crippen molar-refractivity contribution in [1.82, 2.24) is 10.1 Å². The number of hydrogen-bond acceptors (Lipinski definition) is 7. The quantitative estimate of drug-likeness (QED) is 0.612. The van der Waals surface area contributed by atoms with E-state index in [1.165, 1.54) is 18.7 Å². The summed E-state index contributed by atoms with van der Waals surface area (Å²) >= 11 is 6.64. The van der Waals surface area contributed by atoms with Gasteiger partial charge in [-0.2, -0.15) is 0 Å². The number of hydrogen-bond donors (Lipinski definition) is 1. The highest BCUT2D eigenvalue weighted by Gasteiger charge is 2.22. The number of carbonyl (C=O) groups excluding carboxylic acids is 2. The molecule has 0 aliphatic carbocycles. The highest BCUT2D eigenvalue weighted by molar-refractivity contribution is 8.23. The van der Waals surface area contributed by atoms with E-state index in [1.807, 2.05) is 0 Å². The number of likely N-dealkylation sites (tertiary alicyclic amines) is 1. The van der Waals surface area contributed by atoms with Crippen molar-refractivity contribution in [2.45, 2.75) is 39.7 Å². The van der Waals surface area contributed by atoms with Gasteiger partial charge in [0.15, 0.2) is 6.10 Å². The largest absolute Gasteiger partial charge is 0.452 e. The van der Waals surface area contributed by atoms with Gasteiger partial charge in [-0.15, -0.1) is 0 Å². The lowest BCUT2D eigenvalue weighted by molar-refractivity contribution is -0.150. The number of rotatable bonds is 5. The van der Waals surface area contributed by atoms with Crippen LogP contribution in [0.5, 0.6) is 0 Å². The molecule has 0 aromatic carbocycles. The molecule has 9 heteroatoms. The Morgan fingerprint density at radius 1 is 1.52 bits per heavy atom. The molecule has 25 heavy (non-hydrogen) atoms. The molecule has 1 aromatic heterocycles. The summed E-state index contributed by atoms with van der Waals surface area (Å²) in [5.74, 6) is 0.0854. The second kappa shape index (κ2) is 9.19. The molecular weight excluding hydrogens is 362 g/mol. The highest BCUT2D eigenvalue weighted by atomic mass is 32.2. The molecular formula is C16H23N3O4S2. The molecule has 1 unspecified atom stereocenters. The normalized spacial score (nSPS) is 16.4. The van der Waals surface area contributed by atoms with Crippen molar-refractivity contribution in [3.63, 3.8) is 0 Å². The van der Waals surface area contributed by atoms with Crippen molar-refractivity contribution in [2.24, 2.45) is 5.92 Å². The zero-order valence-corrected chi connectivity index (χ0v) is 16.2. The monoisotopic (exact) mass is 385 g/mol. The summed E-state index contributed by atoms with van der Waals surface area (Å²) in [5, 5.41) is 6.17. The summed E-state index contributed by atoms with van der Waals surface area (Å²) in [4.78, 5) is 26.0. The minimum Gasteiger partial charge on any atom is -0.452 e. The summed E-state index contributed by atoms with van der Waals surface area (Å²) in [6.07, 6.45) is 1.30. The van der Waals surface area contributed by atoms with Crippen LogP contribution < -0.4 is 5.32 Å². The Balaban J connectivity index is 1.70. The number of ether oxygens (including phenoxy) is 1. The first-order valence-electron chi connectivity index (χ1n) is 8.20. The van der Waals surface area contributed by atoms with Crippen LogP contribution in [0.25, 0.3) is 0 Å². The van der Waals surface area contributed by atoms with E-state index in [4.69, 9.17) is 21.5 Å². The van der Waals surface area contributed by atoms with E-state index in [2.05, 4.69) is 22.3 Å². The summed E-state index contributed by atoms with van der Waals surface area (Å²) in [7, 11) is 0. The molecule has 1 aromatic rings. The van der Waals surface area contributed by atoms with E-state index in [0.29, 0.717) is 10.0 Å². The molecule has 0 radical (unpaired) electrons. The number of piperidine rings is 1. The minimum absolute atomic E-state index is 0.0872. The van der Waals surface area contributed by atoms with Gasteiger partial charge in [0.25, 0.3) is 5.91 Å². The van der Waals surface area contributed by atoms with Crippen molar-refractivity contribution in [3.05, 3.63) is 11.8 Å². The zero-order chi connectivity index (χ0) is 18.4. The molecule has 2 rings (SSSR count). The number of aryl methyl sites for hydroxylation is 1. The van der Waals surface area contributed by atoms with Crippen LogP contribution in [0.1, 0.15) is 32.4 Å². The van der Waals surface area contributed by atoms with E-state index >= 15 is 0 Å². The van der Waals surface area contributed by atoms with Crippen molar-refractivity contribution in [3.8, 4) is 0 Å². The number of carbonyl (C=O) groups is 2. The average Bonchev–Trinajstić information content (AvgIpc) is 2.98. The van der Waals surface area contributed by atoms with Gasteiger partial charge in [0.2, 0.25) is 5.88 Å². The van der Waals surface area contributed by atoms with Gasteiger partial charge < -0.3 is 14.2 Å². The molecule has 138 valence electrons. The van der Waals surface area contributed by atoms with Gasteiger partial charge in [0.05, 0.1) is 11.4 Å². The van der Waals surface area contributed by atoms with Crippen LogP contribution in [0.4, 0.5) is 5.88 Å². The number of anilines is 1. The second-order valence-corrected chi connectivity index (χ2v) is 7.79. The molecule has 1 amide bonds. The predicted octanol–water partition coefficient (Wildman–Crippen LogP) is 2.60. The third kappa shape index (κ3) is 6.32. The molecule has 1 atom stereocenters. The fourth-order valence-electron chi connectivity index (χ4n) is 2.33. The van der Waals surface area contributed by atoms with E-state index in [0.717, 1.165) is 31.8 Å². The summed E-state index contributed by atoms with van der Waals surface area (Å²) in [6.45, 7) is 7.34. The Bertz CT molecular complexity index is 627. The van der Waals surface area contributed by atoms with Crippen molar-refractivity contribution in [2.75, 3.05) is 24.2 Å². The number of aromatic nitrogens is 1. The van der Waals surface area contributed by atoms with Crippen molar-refractivity contribution in [1.29, 1.82) is 0 Å². The molecule has 7 nitrogen and oxygen atoms in total. The Hall–Kier alpha value is -1.61. The summed E-state index contributed by atoms with van der Waals surface area (Å²) < 4.78 is 10.7. The SMILES string of the molecule is Cc1cc(NC(=O)C(C)OC(=O)CSC(=S)N2CCC(C)CC2)on1. The van der Waals surface area contributed by atoms with Crippen LogP contribution in [-0.4, -0.2) is 51.2 Å². The van der Waals surface area contributed by atoms with Crippen LogP contribution in [-0.2, 0) is 14.3 Å².